The van der Waals surface area contributed by atoms with Crippen molar-refractivity contribution in [2.45, 2.75) is 24.7 Å². The lowest BCUT2D eigenvalue weighted by Crippen LogP contribution is -2.50. The molecule has 0 radical (unpaired) electrons. The van der Waals surface area contributed by atoms with Crippen molar-refractivity contribution in [2.24, 2.45) is 0 Å². The van der Waals surface area contributed by atoms with E-state index in [1.165, 1.54) is 10.6 Å². The highest BCUT2D eigenvalue weighted by Gasteiger charge is 2.29. The van der Waals surface area contributed by atoms with Gasteiger partial charge in [0.25, 0.3) is 0 Å². The summed E-state index contributed by atoms with van der Waals surface area (Å²) < 4.78 is 26.8. The van der Waals surface area contributed by atoms with Crippen LogP contribution in [0.4, 0.5) is 0 Å². The largest absolute Gasteiger partial charge is 0.340 e. The number of hydrogen-bond donors (Lipinski definition) is 1. The minimum absolute atomic E-state index is 0.00350. The Morgan fingerprint density at radius 1 is 1.16 bits per heavy atom. The van der Waals surface area contributed by atoms with Gasteiger partial charge in [-0.05, 0) is 19.1 Å². The van der Waals surface area contributed by atoms with Gasteiger partial charge in [0.15, 0.2) is 0 Å². The molecule has 134 valence electrons. The molecule has 1 amide bonds. The molecule has 9 heteroatoms. The lowest BCUT2D eigenvalue weighted by Gasteiger charge is -2.34. The number of carbonyl (C=O) groups excluding carboxylic acids is 1. The number of aryl methyl sites for hydroxylation is 2. The first kappa shape index (κ1) is 17.6. The summed E-state index contributed by atoms with van der Waals surface area (Å²) in [5.74, 6) is 0.678. The van der Waals surface area contributed by atoms with Gasteiger partial charge in [0.2, 0.25) is 15.9 Å². The Labute approximate surface area is 146 Å². The number of aromatic nitrogens is 3. The van der Waals surface area contributed by atoms with Crippen molar-refractivity contribution in [3.63, 3.8) is 0 Å². The Kier molecular flexibility index (Phi) is 5.14. The minimum Gasteiger partial charge on any atom is -0.340 e. The molecule has 3 rings (SSSR count). The van der Waals surface area contributed by atoms with Crippen LogP contribution in [0.5, 0.6) is 0 Å². The van der Waals surface area contributed by atoms with Crippen molar-refractivity contribution in [2.75, 3.05) is 26.2 Å². The van der Waals surface area contributed by atoms with E-state index in [-0.39, 0.29) is 5.91 Å². The van der Waals surface area contributed by atoms with Gasteiger partial charge in [-0.2, -0.15) is 9.40 Å². The van der Waals surface area contributed by atoms with Crippen molar-refractivity contribution in [1.82, 2.24) is 24.4 Å². The van der Waals surface area contributed by atoms with Crippen molar-refractivity contribution in [1.29, 1.82) is 0 Å². The van der Waals surface area contributed by atoms with E-state index in [1.807, 2.05) is 6.92 Å². The van der Waals surface area contributed by atoms with Crippen LogP contribution in [0.2, 0.25) is 0 Å². The topological polar surface area (TPSA) is 99.3 Å². The molecule has 1 aliphatic heterocycles. The number of rotatable bonds is 5. The van der Waals surface area contributed by atoms with Gasteiger partial charge in [0.1, 0.15) is 12.2 Å². The van der Waals surface area contributed by atoms with Crippen LogP contribution in [0.25, 0.3) is 0 Å². The molecule has 1 N–H and O–H groups in total. The van der Waals surface area contributed by atoms with Crippen LogP contribution in [-0.4, -0.2) is 64.9 Å². The van der Waals surface area contributed by atoms with Gasteiger partial charge in [0, 0.05) is 39.0 Å². The average Bonchev–Trinajstić information content (AvgIpc) is 3.14. The van der Waals surface area contributed by atoms with Gasteiger partial charge in [-0.3, -0.25) is 9.89 Å². The molecule has 8 nitrogen and oxygen atoms in total. The van der Waals surface area contributed by atoms with E-state index in [4.69, 9.17) is 0 Å². The maximum atomic E-state index is 12.7. The van der Waals surface area contributed by atoms with Crippen LogP contribution in [0.1, 0.15) is 17.8 Å². The van der Waals surface area contributed by atoms with Gasteiger partial charge >= 0.3 is 0 Å². The highest BCUT2D eigenvalue weighted by Crippen LogP contribution is 2.18. The van der Waals surface area contributed by atoms with E-state index in [2.05, 4.69) is 15.2 Å². The molecule has 0 saturated carbocycles. The van der Waals surface area contributed by atoms with E-state index in [1.54, 1.807) is 29.2 Å². The third kappa shape index (κ3) is 4.05. The first-order chi connectivity index (χ1) is 12.0. The van der Waals surface area contributed by atoms with E-state index < -0.39 is 10.0 Å². The number of hydrogen-bond acceptors (Lipinski definition) is 5. The van der Waals surface area contributed by atoms with Crippen LogP contribution in [0.3, 0.4) is 0 Å². The van der Waals surface area contributed by atoms with E-state index >= 15 is 0 Å². The summed E-state index contributed by atoms with van der Waals surface area (Å²) in [6.07, 6.45) is 2.25. The molecule has 2 heterocycles. The molecular weight excluding hydrogens is 342 g/mol. The lowest BCUT2D eigenvalue weighted by molar-refractivity contribution is -0.132. The van der Waals surface area contributed by atoms with Gasteiger partial charge in [-0.15, -0.1) is 0 Å². The van der Waals surface area contributed by atoms with Crippen LogP contribution in [0.15, 0.2) is 35.5 Å². The fourth-order valence-corrected chi connectivity index (χ4v) is 4.19. The number of nitrogens with one attached hydrogen (secondary N) is 1. The standard InChI is InChI=1S/C16H21N5O3S/c1-13-2-4-14(5-3-13)25(23,24)21-10-8-20(9-11-21)16(22)7-6-15-17-12-18-19-15/h2-5,12H,6-11H2,1H3,(H,17,18,19). The molecule has 0 atom stereocenters. The van der Waals surface area contributed by atoms with E-state index in [0.29, 0.717) is 49.7 Å². The third-order valence-electron chi connectivity index (χ3n) is 4.29. The maximum Gasteiger partial charge on any atom is 0.243 e. The molecular formula is C16H21N5O3S. The number of H-pyrrole nitrogens is 1. The monoisotopic (exact) mass is 363 g/mol. The second-order valence-electron chi connectivity index (χ2n) is 6.03. The number of benzene rings is 1. The predicted octanol–water partition coefficient (Wildman–Crippen LogP) is 0.579. The molecule has 25 heavy (non-hydrogen) atoms. The highest BCUT2D eigenvalue weighted by atomic mass is 32.2. The summed E-state index contributed by atoms with van der Waals surface area (Å²) in [4.78, 5) is 18.2. The van der Waals surface area contributed by atoms with Crippen molar-refractivity contribution < 1.29 is 13.2 Å². The predicted molar refractivity (Wildman–Crippen MR) is 91.2 cm³/mol. The average molecular weight is 363 g/mol. The zero-order chi connectivity index (χ0) is 17.9. The molecule has 0 aliphatic carbocycles. The fourth-order valence-electron chi connectivity index (χ4n) is 2.77. The summed E-state index contributed by atoms with van der Waals surface area (Å²) in [5, 5.41) is 6.47. The number of nitrogens with zero attached hydrogens (tertiary/aromatic N) is 4. The summed E-state index contributed by atoms with van der Waals surface area (Å²) in [5.41, 5.74) is 1.01. The summed E-state index contributed by atoms with van der Waals surface area (Å²) in [6.45, 7) is 3.34. The zero-order valence-electron chi connectivity index (χ0n) is 14.1. The summed E-state index contributed by atoms with van der Waals surface area (Å²) >= 11 is 0. The Morgan fingerprint density at radius 2 is 1.84 bits per heavy atom. The Hall–Kier alpha value is -2.26. The second kappa shape index (κ2) is 7.32. The summed E-state index contributed by atoms with van der Waals surface area (Å²) in [7, 11) is -3.50. The number of piperazine rings is 1. The SMILES string of the molecule is Cc1ccc(S(=O)(=O)N2CCN(C(=O)CCc3ncn[nH]3)CC2)cc1. The van der Waals surface area contributed by atoms with Gasteiger partial charge in [-0.1, -0.05) is 17.7 Å². The van der Waals surface area contributed by atoms with Gasteiger partial charge < -0.3 is 4.90 Å². The summed E-state index contributed by atoms with van der Waals surface area (Å²) in [6, 6.07) is 6.82. The molecule has 0 spiro atoms. The number of amides is 1. The van der Waals surface area contributed by atoms with Crippen LogP contribution >= 0.6 is 0 Å². The number of carbonyl (C=O) groups is 1. The van der Waals surface area contributed by atoms with Gasteiger partial charge in [0.05, 0.1) is 4.90 Å². The quantitative estimate of drug-likeness (QED) is 0.838. The molecule has 2 aromatic rings. The Morgan fingerprint density at radius 3 is 2.44 bits per heavy atom. The minimum atomic E-state index is -3.50. The number of aromatic amines is 1. The second-order valence-corrected chi connectivity index (χ2v) is 7.97. The molecule has 1 saturated heterocycles. The van der Waals surface area contributed by atoms with Crippen molar-refractivity contribution in [3.05, 3.63) is 42.0 Å². The lowest BCUT2D eigenvalue weighted by atomic mass is 10.2. The zero-order valence-corrected chi connectivity index (χ0v) is 14.9. The molecule has 1 aromatic heterocycles. The molecule has 1 aromatic carbocycles. The highest BCUT2D eigenvalue weighted by molar-refractivity contribution is 7.89. The molecule has 1 aliphatic rings. The van der Waals surface area contributed by atoms with E-state index in [0.717, 1.165) is 5.56 Å². The Balaban J connectivity index is 1.55. The first-order valence-electron chi connectivity index (χ1n) is 8.15. The first-order valence-corrected chi connectivity index (χ1v) is 9.59. The fraction of sp³-hybridized carbons (Fsp3) is 0.438. The van der Waals surface area contributed by atoms with E-state index in [9.17, 15) is 13.2 Å². The Bertz CT molecular complexity index is 810. The van der Waals surface area contributed by atoms with Crippen molar-refractivity contribution in [3.8, 4) is 0 Å². The maximum absolute atomic E-state index is 12.7. The molecule has 1 fully saturated rings. The van der Waals surface area contributed by atoms with Crippen molar-refractivity contribution >= 4 is 15.9 Å². The normalized spacial score (nSPS) is 16.1. The van der Waals surface area contributed by atoms with Crippen LogP contribution in [0, 0.1) is 6.92 Å². The van der Waals surface area contributed by atoms with Crippen LogP contribution < -0.4 is 0 Å². The van der Waals surface area contributed by atoms with Gasteiger partial charge in [-0.25, -0.2) is 13.4 Å². The smallest absolute Gasteiger partial charge is 0.243 e. The molecule has 0 bridgehead atoms. The number of sulfonamides is 1. The van der Waals surface area contributed by atoms with Crippen LogP contribution in [-0.2, 0) is 21.2 Å². The third-order valence-corrected chi connectivity index (χ3v) is 6.20. The molecule has 0 unspecified atom stereocenters.